The van der Waals surface area contributed by atoms with Crippen molar-refractivity contribution >= 4 is 34.7 Å². The Labute approximate surface area is 114 Å². The number of hydrazine groups is 1. The highest BCUT2D eigenvalue weighted by Gasteiger charge is 2.09. The lowest BCUT2D eigenvalue weighted by Gasteiger charge is -2.15. The molecule has 0 aliphatic carbocycles. The van der Waals surface area contributed by atoms with Gasteiger partial charge in [0.1, 0.15) is 5.02 Å². The standard InChI is InChI=1S/C11H14ClN5S/c1-7(4-8-2-3-18-6-8)15-10-9(12)5-14-11(16-10)17-13/h2-3,5-7H,4,13H2,1H3,(H2,14,15,16,17). The maximum atomic E-state index is 6.03. The lowest BCUT2D eigenvalue weighted by molar-refractivity contribution is 0.786. The summed E-state index contributed by atoms with van der Waals surface area (Å²) >= 11 is 7.72. The largest absolute Gasteiger partial charge is 0.366 e. The molecule has 0 fully saturated rings. The van der Waals surface area contributed by atoms with Gasteiger partial charge < -0.3 is 5.32 Å². The zero-order valence-electron chi connectivity index (χ0n) is 9.85. The summed E-state index contributed by atoms with van der Waals surface area (Å²) in [6, 6.07) is 2.33. The SMILES string of the molecule is CC(Cc1ccsc1)Nc1nc(NN)ncc1Cl. The molecule has 2 aromatic rings. The lowest BCUT2D eigenvalue weighted by atomic mass is 10.1. The van der Waals surface area contributed by atoms with Crippen LogP contribution < -0.4 is 16.6 Å². The molecule has 0 saturated heterocycles. The summed E-state index contributed by atoms with van der Waals surface area (Å²) in [5, 5.41) is 7.92. The molecular formula is C11H14ClN5S. The van der Waals surface area contributed by atoms with Crippen molar-refractivity contribution in [2.45, 2.75) is 19.4 Å². The summed E-state index contributed by atoms with van der Waals surface area (Å²) in [5.41, 5.74) is 3.69. The molecular weight excluding hydrogens is 270 g/mol. The van der Waals surface area contributed by atoms with E-state index in [0.717, 1.165) is 6.42 Å². The molecule has 2 aromatic heterocycles. The Kier molecular flexibility index (Phi) is 4.35. The number of hydrogen-bond donors (Lipinski definition) is 3. The van der Waals surface area contributed by atoms with Crippen LogP contribution in [0.25, 0.3) is 0 Å². The van der Waals surface area contributed by atoms with Gasteiger partial charge in [-0.05, 0) is 35.7 Å². The molecule has 0 bridgehead atoms. The third-order valence-electron chi connectivity index (χ3n) is 2.38. The number of nitrogen functional groups attached to an aromatic ring is 1. The van der Waals surface area contributed by atoms with Gasteiger partial charge in [-0.3, -0.25) is 5.43 Å². The van der Waals surface area contributed by atoms with Crippen LogP contribution in [0.5, 0.6) is 0 Å². The van der Waals surface area contributed by atoms with E-state index in [-0.39, 0.29) is 6.04 Å². The lowest BCUT2D eigenvalue weighted by Crippen LogP contribution is -2.20. The third kappa shape index (κ3) is 3.32. The normalized spacial score (nSPS) is 12.2. The molecule has 0 spiro atoms. The first kappa shape index (κ1) is 13.1. The summed E-state index contributed by atoms with van der Waals surface area (Å²) in [4.78, 5) is 8.10. The Balaban J connectivity index is 2.04. The van der Waals surface area contributed by atoms with Gasteiger partial charge in [0.05, 0.1) is 6.20 Å². The monoisotopic (exact) mass is 283 g/mol. The summed E-state index contributed by atoms with van der Waals surface area (Å²) in [7, 11) is 0. The van der Waals surface area contributed by atoms with E-state index in [0.29, 0.717) is 16.8 Å². The van der Waals surface area contributed by atoms with Gasteiger partial charge in [-0.1, -0.05) is 11.6 Å². The number of rotatable bonds is 5. The van der Waals surface area contributed by atoms with E-state index in [2.05, 4.69) is 44.5 Å². The third-order valence-corrected chi connectivity index (χ3v) is 3.39. The number of anilines is 2. The number of hydrogen-bond acceptors (Lipinski definition) is 6. The molecule has 0 radical (unpaired) electrons. The molecule has 0 aliphatic heterocycles. The molecule has 1 unspecified atom stereocenters. The van der Waals surface area contributed by atoms with Crippen molar-refractivity contribution in [3.05, 3.63) is 33.6 Å². The van der Waals surface area contributed by atoms with Crippen LogP contribution in [0.4, 0.5) is 11.8 Å². The fourth-order valence-electron chi connectivity index (χ4n) is 1.58. The molecule has 1 atom stereocenters. The Hall–Kier alpha value is -1.37. The number of nitrogens with one attached hydrogen (secondary N) is 2. The minimum absolute atomic E-state index is 0.220. The molecule has 7 heteroatoms. The van der Waals surface area contributed by atoms with E-state index >= 15 is 0 Å². The minimum Gasteiger partial charge on any atom is -0.366 e. The second-order valence-corrected chi connectivity index (χ2v) is 5.10. The molecule has 0 amide bonds. The van der Waals surface area contributed by atoms with Gasteiger partial charge in [-0.15, -0.1) is 0 Å². The second kappa shape index (κ2) is 5.99. The smallest absolute Gasteiger partial charge is 0.239 e. The van der Waals surface area contributed by atoms with Gasteiger partial charge in [0.2, 0.25) is 5.95 Å². The predicted octanol–water partition coefficient (Wildman–Crippen LogP) is 2.52. The zero-order valence-corrected chi connectivity index (χ0v) is 11.4. The summed E-state index contributed by atoms with van der Waals surface area (Å²) < 4.78 is 0. The van der Waals surface area contributed by atoms with Crippen molar-refractivity contribution in [1.82, 2.24) is 9.97 Å². The molecule has 0 saturated carbocycles. The van der Waals surface area contributed by atoms with Crippen LogP contribution in [0.2, 0.25) is 5.02 Å². The number of aromatic nitrogens is 2. The quantitative estimate of drug-likeness (QED) is 0.581. The molecule has 18 heavy (non-hydrogen) atoms. The highest BCUT2D eigenvalue weighted by atomic mass is 35.5. The number of halogens is 1. The molecule has 2 rings (SSSR count). The van der Waals surface area contributed by atoms with Gasteiger partial charge in [-0.25, -0.2) is 10.8 Å². The number of thiophene rings is 1. The Bertz CT molecular complexity index is 502. The summed E-state index contributed by atoms with van der Waals surface area (Å²) in [6.45, 7) is 2.08. The second-order valence-electron chi connectivity index (χ2n) is 3.92. The van der Waals surface area contributed by atoms with Crippen LogP contribution in [0, 0.1) is 0 Å². The van der Waals surface area contributed by atoms with Crippen molar-refractivity contribution in [2.75, 3.05) is 10.7 Å². The van der Waals surface area contributed by atoms with Crippen LogP contribution in [0.15, 0.2) is 23.0 Å². The highest BCUT2D eigenvalue weighted by molar-refractivity contribution is 7.07. The molecule has 4 N–H and O–H groups in total. The van der Waals surface area contributed by atoms with E-state index in [1.165, 1.54) is 11.8 Å². The average Bonchev–Trinajstić information content (AvgIpc) is 2.84. The van der Waals surface area contributed by atoms with Crippen LogP contribution >= 0.6 is 22.9 Å². The van der Waals surface area contributed by atoms with Crippen LogP contribution in [-0.2, 0) is 6.42 Å². The first-order valence-corrected chi connectivity index (χ1v) is 6.78. The van der Waals surface area contributed by atoms with Crippen molar-refractivity contribution in [3.8, 4) is 0 Å². The van der Waals surface area contributed by atoms with Crippen molar-refractivity contribution < 1.29 is 0 Å². The Morgan fingerprint density at radius 2 is 2.39 bits per heavy atom. The average molecular weight is 284 g/mol. The Morgan fingerprint density at radius 3 is 3.06 bits per heavy atom. The van der Waals surface area contributed by atoms with Gasteiger partial charge in [0.25, 0.3) is 0 Å². The molecule has 2 heterocycles. The number of nitrogens with two attached hydrogens (primary N) is 1. The topological polar surface area (TPSA) is 75.9 Å². The van der Waals surface area contributed by atoms with Gasteiger partial charge >= 0.3 is 0 Å². The molecule has 0 aliphatic rings. The van der Waals surface area contributed by atoms with Crippen molar-refractivity contribution in [3.63, 3.8) is 0 Å². The predicted molar refractivity (Wildman–Crippen MR) is 76.0 cm³/mol. The van der Waals surface area contributed by atoms with Crippen LogP contribution in [0.1, 0.15) is 12.5 Å². The van der Waals surface area contributed by atoms with E-state index in [1.807, 2.05) is 0 Å². The number of nitrogens with zero attached hydrogens (tertiary/aromatic N) is 2. The van der Waals surface area contributed by atoms with E-state index in [1.54, 1.807) is 11.3 Å². The van der Waals surface area contributed by atoms with Gasteiger partial charge in [0.15, 0.2) is 5.82 Å². The molecule has 96 valence electrons. The van der Waals surface area contributed by atoms with Crippen molar-refractivity contribution in [1.29, 1.82) is 0 Å². The van der Waals surface area contributed by atoms with Crippen molar-refractivity contribution in [2.24, 2.45) is 5.84 Å². The maximum absolute atomic E-state index is 6.03. The molecule has 0 aromatic carbocycles. The maximum Gasteiger partial charge on any atom is 0.239 e. The van der Waals surface area contributed by atoms with E-state index in [4.69, 9.17) is 17.4 Å². The summed E-state index contributed by atoms with van der Waals surface area (Å²) in [5.74, 6) is 6.19. The fourth-order valence-corrected chi connectivity index (χ4v) is 2.41. The van der Waals surface area contributed by atoms with Gasteiger partial charge in [-0.2, -0.15) is 16.3 Å². The van der Waals surface area contributed by atoms with Gasteiger partial charge in [0, 0.05) is 6.04 Å². The minimum atomic E-state index is 0.220. The van der Waals surface area contributed by atoms with E-state index in [9.17, 15) is 0 Å². The molecule has 5 nitrogen and oxygen atoms in total. The van der Waals surface area contributed by atoms with Crippen LogP contribution in [-0.4, -0.2) is 16.0 Å². The fraction of sp³-hybridized carbons (Fsp3) is 0.273. The summed E-state index contributed by atoms with van der Waals surface area (Å²) in [6.07, 6.45) is 2.43. The first-order chi connectivity index (χ1) is 8.69. The van der Waals surface area contributed by atoms with Crippen LogP contribution in [0.3, 0.4) is 0 Å². The zero-order chi connectivity index (χ0) is 13.0. The first-order valence-electron chi connectivity index (χ1n) is 5.46. The van der Waals surface area contributed by atoms with E-state index < -0.39 is 0 Å². The Morgan fingerprint density at radius 1 is 1.56 bits per heavy atom. The highest BCUT2D eigenvalue weighted by Crippen LogP contribution is 2.20.